The minimum atomic E-state index is -0.0225. The summed E-state index contributed by atoms with van der Waals surface area (Å²) in [7, 11) is 1.78. The van der Waals surface area contributed by atoms with Gasteiger partial charge in [-0.05, 0) is 29.8 Å². The van der Waals surface area contributed by atoms with Gasteiger partial charge in [0, 0.05) is 18.5 Å². The molecule has 0 fully saturated rings. The van der Waals surface area contributed by atoms with E-state index < -0.39 is 0 Å². The topological polar surface area (TPSA) is 33.2 Å². The van der Waals surface area contributed by atoms with Crippen LogP contribution in [0.15, 0.2) is 9.98 Å². The molecular weight excluding hydrogens is 252 g/mol. The molecule has 0 aliphatic rings. The molecule has 1 aromatic rings. The van der Waals surface area contributed by atoms with Crippen LogP contribution in [0.4, 0.5) is 0 Å². The molecule has 0 saturated carbocycles. The summed E-state index contributed by atoms with van der Waals surface area (Å²) >= 11 is 4.57. The standard InChI is InChI=1S/C8H11BrN2OS/c1-5(2)11(3)8(12)7-10-6(9)4-13-7/h4-5H,1-3H3. The Balaban J connectivity index is 2.79. The number of thiazole rings is 1. The van der Waals surface area contributed by atoms with Crippen LogP contribution in [0.2, 0.25) is 0 Å². The van der Waals surface area contributed by atoms with E-state index in [0.717, 1.165) is 4.60 Å². The lowest BCUT2D eigenvalue weighted by atomic mass is 10.3. The van der Waals surface area contributed by atoms with Gasteiger partial charge in [0.25, 0.3) is 5.91 Å². The number of rotatable bonds is 2. The van der Waals surface area contributed by atoms with Crippen molar-refractivity contribution in [1.29, 1.82) is 0 Å². The maximum Gasteiger partial charge on any atom is 0.282 e. The number of amides is 1. The van der Waals surface area contributed by atoms with Gasteiger partial charge >= 0.3 is 0 Å². The first-order chi connectivity index (χ1) is 6.02. The third-order valence-corrected chi connectivity index (χ3v) is 3.29. The molecule has 0 atom stereocenters. The molecule has 1 rings (SSSR count). The van der Waals surface area contributed by atoms with Crippen molar-refractivity contribution in [2.75, 3.05) is 7.05 Å². The predicted molar refractivity (Wildman–Crippen MR) is 57.0 cm³/mol. The highest BCUT2D eigenvalue weighted by Gasteiger charge is 2.17. The molecule has 0 bridgehead atoms. The van der Waals surface area contributed by atoms with Crippen molar-refractivity contribution in [3.8, 4) is 0 Å². The highest BCUT2D eigenvalue weighted by molar-refractivity contribution is 9.10. The molecule has 0 saturated heterocycles. The first kappa shape index (κ1) is 10.7. The molecule has 72 valence electrons. The monoisotopic (exact) mass is 262 g/mol. The van der Waals surface area contributed by atoms with Gasteiger partial charge in [-0.1, -0.05) is 0 Å². The fraction of sp³-hybridized carbons (Fsp3) is 0.500. The smallest absolute Gasteiger partial charge is 0.282 e. The molecule has 13 heavy (non-hydrogen) atoms. The van der Waals surface area contributed by atoms with E-state index in [-0.39, 0.29) is 11.9 Å². The minimum absolute atomic E-state index is 0.0225. The van der Waals surface area contributed by atoms with Crippen molar-refractivity contribution in [2.24, 2.45) is 0 Å². The van der Waals surface area contributed by atoms with Gasteiger partial charge in [0.1, 0.15) is 4.60 Å². The molecule has 0 N–H and O–H groups in total. The van der Waals surface area contributed by atoms with Gasteiger partial charge in [-0.25, -0.2) is 4.98 Å². The first-order valence-electron chi connectivity index (χ1n) is 3.90. The Bertz CT molecular complexity index is 311. The van der Waals surface area contributed by atoms with Gasteiger partial charge in [-0.2, -0.15) is 0 Å². The Morgan fingerprint density at radius 2 is 2.31 bits per heavy atom. The fourth-order valence-electron chi connectivity index (χ4n) is 0.738. The number of hydrogen-bond acceptors (Lipinski definition) is 3. The van der Waals surface area contributed by atoms with Crippen LogP contribution in [-0.2, 0) is 0 Å². The second kappa shape index (κ2) is 4.19. The van der Waals surface area contributed by atoms with E-state index in [0.29, 0.717) is 5.01 Å². The number of nitrogens with zero attached hydrogens (tertiary/aromatic N) is 2. The van der Waals surface area contributed by atoms with Crippen LogP contribution in [0.25, 0.3) is 0 Å². The van der Waals surface area contributed by atoms with Gasteiger partial charge in [0.05, 0.1) is 0 Å². The molecule has 0 aliphatic heterocycles. The van der Waals surface area contributed by atoms with Crippen molar-refractivity contribution in [2.45, 2.75) is 19.9 Å². The zero-order valence-corrected chi connectivity index (χ0v) is 10.1. The van der Waals surface area contributed by atoms with Crippen LogP contribution >= 0.6 is 27.3 Å². The van der Waals surface area contributed by atoms with Crippen LogP contribution < -0.4 is 0 Å². The average Bonchev–Trinajstić information content (AvgIpc) is 2.49. The molecule has 0 aliphatic carbocycles. The van der Waals surface area contributed by atoms with Crippen LogP contribution in [0.3, 0.4) is 0 Å². The van der Waals surface area contributed by atoms with E-state index in [1.54, 1.807) is 17.3 Å². The predicted octanol–water partition coefficient (Wildman–Crippen LogP) is 2.39. The van der Waals surface area contributed by atoms with Gasteiger partial charge in [-0.15, -0.1) is 11.3 Å². The molecule has 0 aromatic carbocycles. The molecule has 0 radical (unpaired) electrons. The molecule has 5 heteroatoms. The van der Waals surface area contributed by atoms with Crippen molar-refractivity contribution in [1.82, 2.24) is 9.88 Å². The molecule has 1 amide bonds. The van der Waals surface area contributed by atoms with Crippen molar-refractivity contribution in [3.05, 3.63) is 15.0 Å². The Hall–Kier alpha value is -0.420. The second-order valence-corrected chi connectivity index (χ2v) is 4.66. The van der Waals surface area contributed by atoms with Crippen LogP contribution in [0.5, 0.6) is 0 Å². The normalized spacial score (nSPS) is 10.5. The van der Waals surface area contributed by atoms with Gasteiger partial charge < -0.3 is 4.90 Å². The van der Waals surface area contributed by atoms with E-state index in [1.165, 1.54) is 11.3 Å². The van der Waals surface area contributed by atoms with Crippen LogP contribution in [0.1, 0.15) is 23.6 Å². The number of carbonyl (C=O) groups is 1. The summed E-state index contributed by atoms with van der Waals surface area (Å²) in [5.41, 5.74) is 0. The summed E-state index contributed by atoms with van der Waals surface area (Å²) in [6, 6.07) is 0.204. The maximum absolute atomic E-state index is 11.7. The van der Waals surface area contributed by atoms with Crippen molar-refractivity contribution >= 4 is 33.2 Å². The second-order valence-electron chi connectivity index (χ2n) is 2.99. The van der Waals surface area contributed by atoms with Crippen LogP contribution in [0, 0.1) is 0 Å². The summed E-state index contributed by atoms with van der Waals surface area (Å²) in [6.07, 6.45) is 0. The van der Waals surface area contributed by atoms with Gasteiger partial charge in [-0.3, -0.25) is 4.79 Å². The molecule has 0 spiro atoms. The Labute approximate surface area is 89.9 Å². The van der Waals surface area contributed by atoms with Crippen LogP contribution in [-0.4, -0.2) is 28.9 Å². The summed E-state index contributed by atoms with van der Waals surface area (Å²) < 4.78 is 0.720. The minimum Gasteiger partial charge on any atom is -0.337 e. The molecular formula is C8H11BrN2OS. The zero-order valence-electron chi connectivity index (χ0n) is 7.74. The lowest BCUT2D eigenvalue weighted by molar-refractivity contribution is 0.0754. The van der Waals surface area contributed by atoms with E-state index >= 15 is 0 Å². The maximum atomic E-state index is 11.7. The van der Waals surface area contributed by atoms with E-state index in [1.807, 2.05) is 13.8 Å². The van der Waals surface area contributed by atoms with Gasteiger partial charge in [0.2, 0.25) is 0 Å². The van der Waals surface area contributed by atoms with E-state index in [2.05, 4.69) is 20.9 Å². The van der Waals surface area contributed by atoms with Crippen molar-refractivity contribution < 1.29 is 4.79 Å². The highest BCUT2D eigenvalue weighted by atomic mass is 79.9. The number of aromatic nitrogens is 1. The highest BCUT2D eigenvalue weighted by Crippen LogP contribution is 2.16. The summed E-state index contributed by atoms with van der Waals surface area (Å²) in [6.45, 7) is 3.95. The number of hydrogen-bond donors (Lipinski definition) is 0. The number of carbonyl (C=O) groups excluding carboxylic acids is 1. The Morgan fingerprint density at radius 3 is 2.69 bits per heavy atom. The number of halogens is 1. The van der Waals surface area contributed by atoms with Crippen molar-refractivity contribution in [3.63, 3.8) is 0 Å². The summed E-state index contributed by atoms with van der Waals surface area (Å²) in [4.78, 5) is 17.4. The van der Waals surface area contributed by atoms with E-state index in [9.17, 15) is 4.79 Å². The summed E-state index contributed by atoms with van der Waals surface area (Å²) in [5.74, 6) is -0.0225. The molecule has 3 nitrogen and oxygen atoms in total. The largest absolute Gasteiger partial charge is 0.337 e. The third-order valence-electron chi connectivity index (χ3n) is 1.75. The Morgan fingerprint density at radius 1 is 1.69 bits per heavy atom. The quantitative estimate of drug-likeness (QED) is 0.820. The molecule has 1 aromatic heterocycles. The third kappa shape index (κ3) is 2.51. The summed E-state index contributed by atoms with van der Waals surface area (Å²) in [5, 5.41) is 2.34. The molecule has 1 heterocycles. The Kier molecular flexibility index (Phi) is 3.44. The SMILES string of the molecule is CC(C)N(C)C(=O)c1nc(Br)cs1. The molecule has 0 unspecified atom stereocenters. The zero-order chi connectivity index (χ0) is 10.0. The average molecular weight is 263 g/mol. The fourth-order valence-corrected chi connectivity index (χ4v) is 1.97. The van der Waals surface area contributed by atoms with Gasteiger partial charge in [0.15, 0.2) is 5.01 Å². The van der Waals surface area contributed by atoms with E-state index in [4.69, 9.17) is 0 Å². The lowest BCUT2D eigenvalue weighted by Crippen LogP contribution is -2.32. The first-order valence-corrected chi connectivity index (χ1v) is 5.58. The lowest BCUT2D eigenvalue weighted by Gasteiger charge is -2.19.